The molecule has 1 saturated carbocycles. The van der Waals surface area contributed by atoms with Gasteiger partial charge in [0.15, 0.2) is 5.96 Å². The first kappa shape index (κ1) is 16.0. The van der Waals surface area contributed by atoms with Crippen molar-refractivity contribution < 1.29 is 0 Å². The average Bonchev–Trinajstić information content (AvgIpc) is 3.15. The van der Waals surface area contributed by atoms with Crippen LogP contribution in [-0.2, 0) is 6.54 Å². The zero-order valence-corrected chi connectivity index (χ0v) is 13.2. The van der Waals surface area contributed by atoms with Crippen molar-refractivity contribution in [1.82, 2.24) is 9.88 Å². The lowest BCUT2D eigenvalue weighted by Crippen LogP contribution is -2.33. The Morgan fingerprint density at radius 1 is 1.42 bits per heavy atom. The number of guanidine groups is 1. The summed E-state index contributed by atoms with van der Waals surface area (Å²) < 4.78 is 1.72. The summed E-state index contributed by atoms with van der Waals surface area (Å²) in [5.74, 6) is 0.550. The van der Waals surface area contributed by atoms with Gasteiger partial charge in [-0.15, -0.1) is 24.0 Å². The topological polar surface area (TPSA) is 72.4 Å². The van der Waals surface area contributed by atoms with Crippen LogP contribution in [0.25, 0.3) is 0 Å². The zero-order chi connectivity index (χ0) is 12.8. The Morgan fingerprint density at radius 3 is 2.89 bits per heavy atom. The number of rotatable bonds is 6. The molecule has 1 heterocycles. The number of aromatic nitrogens is 1. The summed E-state index contributed by atoms with van der Waals surface area (Å²) in [6.07, 6.45) is 6.09. The number of hydrogen-bond donors (Lipinski definition) is 2. The van der Waals surface area contributed by atoms with Crippen molar-refractivity contribution in [1.29, 1.82) is 0 Å². The third-order valence-corrected chi connectivity index (χ3v) is 2.92. The van der Waals surface area contributed by atoms with E-state index in [4.69, 9.17) is 5.73 Å². The maximum absolute atomic E-state index is 11.4. The van der Waals surface area contributed by atoms with Crippen molar-refractivity contribution in [2.24, 2.45) is 10.7 Å². The normalized spacial score (nSPS) is 14.8. The molecule has 0 radical (unpaired) electrons. The van der Waals surface area contributed by atoms with Gasteiger partial charge in [0.05, 0.1) is 0 Å². The van der Waals surface area contributed by atoms with E-state index in [0.29, 0.717) is 18.5 Å². The number of nitrogens with one attached hydrogen (secondary N) is 1. The van der Waals surface area contributed by atoms with Crippen LogP contribution < -0.4 is 16.6 Å². The Kier molecular flexibility index (Phi) is 6.90. The summed E-state index contributed by atoms with van der Waals surface area (Å²) in [4.78, 5) is 15.7. The molecular formula is C13H21IN4O. The summed E-state index contributed by atoms with van der Waals surface area (Å²) in [6.45, 7) is 1.46. The van der Waals surface area contributed by atoms with E-state index in [0.717, 1.165) is 19.4 Å². The zero-order valence-electron chi connectivity index (χ0n) is 10.9. The predicted octanol–water partition coefficient (Wildman–Crippen LogP) is 1.31. The van der Waals surface area contributed by atoms with Crippen LogP contribution >= 0.6 is 24.0 Å². The molecule has 0 aliphatic heterocycles. The molecule has 0 unspecified atom stereocenters. The van der Waals surface area contributed by atoms with E-state index in [9.17, 15) is 4.79 Å². The fourth-order valence-corrected chi connectivity index (χ4v) is 1.72. The molecule has 19 heavy (non-hydrogen) atoms. The van der Waals surface area contributed by atoms with Crippen molar-refractivity contribution in [2.75, 3.05) is 6.54 Å². The Balaban J connectivity index is 0.00000180. The lowest BCUT2D eigenvalue weighted by Gasteiger charge is -2.04. The molecular weight excluding hydrogens is 355 g/mol. The molecule has 0 aromatic carbocycles. The summed E-state index contributed by atoms with van der Waals surface area (Å²) in [5.41, 5.74) is 5.77. The number of aliphatic imine (C=N–C) groups is 1. The molecule has 1 aliphatic rings. The van der Waals surface area contributed by atoms with Gasteiger partial charge in [-0.1, -0.05) is 6.07 Å². The number of nitrogens with zero attached hydrogens (tertiary/aromatic N) is 2. The van der Waals surface area contributed by atoms with Gasteiger partial charge < -0.3 is 15.6 Å². The smallest absolute Gasteiger partial charge is 0.250 e. The molecule has 1 aromatic rings. The van der Waals surface area contributed by atoms with Gasteiger partial charge in [0.2, 0.25) is 5.56 Å². The second-order valence-corrected chi connectivity index (χ2v) is 4.62. The van der Waals surface area contributed by atoms with Crippen molar-refractivity contribution in [2.45, 2.75) is 38.3 Å². The Labute approximate surface area is 130 Å². The van der Waals surface area contributed by atoms with E-state index in [2.05, 4.69) is 10.3 Å². The molecule has 6 heteroatoms. The van der Waals surface area contributed by atoms with Crippen LogP contribution in [0.3, 0.4) is 0 Å². The quantitative estimate of drug-likeness (QED) is 0.340. The Hall–Kier alpha value is -1.05. The van der Waals surface area contributed by atoms with Crippen LogP contribution in [0.2, 0.25) is 0 Å². The van der Waals surface area contributed by atoms with E-state index in [1.54, 1.807) is 16.7 Å². The summed E-state index contributed by atoms with van der Waals surface area (Å²) in [6, 6.07) is 5.76. The predicted molar refractivity (Wildman–Crippen MR) is 88.0 cm³/mol. The maximum atomic E-state index is 11.4. The van der Waals surface area contributed by atoms with Crippen molar-refractivity contribution in [3.63, 3.8) is 0 Å². The molecule has 0 atom stereocenters. The molecule has 0 spiro atoms. The lowest BCUT2D eigenvalue weighted by molar-refractivity contribution is 0.598. The van der Waals surface area contributed by atoms with Crippen LogP contribution in [0.15, 0.2) is 34.2 Å². The van der Waals surface area contributed by atoms with Crippen molar-refractivity contribution in [3.05, 3.63) is 34.7 Å². The van der Waals surface area contributed by atoms with Gasteiger partial charge in [-0.3, -0.25) is 9.79 Å². The largest absolute Gasteiger partial charge is 0.370 e. The fourth-order valence-electron chi connectivity index (χ4n) is 1.72. The third-order valence-electron chi connectivity index (χ3n) is 2.92. The van der Waals surface area contributed by atoms with E-state index in [1.807, 2.05) is 12.3 Å². The first-order valence-corrected chi connectivity index (χ1v) is 6.47. The van der Waals surface area contributed by atoms with Crippen LogP contribution in [0.5, 0.6) is 0 Å². The maximum Gasteiger partial charge on any atom is 0.250 e. The molecule has 1 aliphatic carbocycles. The van der Waals surface area contributed by atoms with Gasteiger partial charge in [-0.2, -0.15) is 0 Å². The highest BCUT2D eigenvalue weighted by Crippen LogP contribution is 2.17. The van der Waals surface area contributed by atoms with Crippen LogP contribution in [0.1, 0.15) is 25.7 Å². The Bertz CT molecular complexity index is 468. The standard InChI is InChI=1S/C13H20N4O.HI/c14-13(16-11-6-7-11)15-8-2-4-10-17-9-3-1-5-12(17)18;/h1,3,5,9,11H,2,4,6-8,10H2,(H3,14,15,16);1H. The van der Waals surface area contributed by atoms with E-state index in [1.165, 1.54) is 12.8 Å². The monoisotopic (exact) mass is 376 g/mol. The van der Waals surface area contributed by atoms with Crippen LogP contribution in [0, 0.1) is 0 Å². The van der Waals surface area contributed by atoms with Crippen LogP contribution in [-0.4, -0.2) is 23.1 Å². The molecule has 106 valence electrons. The Morgan fingerprint density at radius 2 is 2.21 bits per heavy atom. The minimum Gasteiger partial charge on any atom is -0.370 e. The summed E-state index contributed by atoms with van der Waals surface area (Å²) in [5, 5.41) is 3.14. The SMILES string of the molecule is I.NC(=NCCCCn1ccccc1=O)NC1CC1. The molecule has 2 rings (SSSR count). The third kappa shape index (κ3) is 6.09. The van der Waals surface area contributed by atoms with Gasteiger partial charge >= 0.3 is 0 Å². The molecule has 5 nitrogen and oxygen atoms in total. The number of aryl methyl sites for hydroxylation is 1. The van der Waals surface area contributed by atoms with Crippen LogP contribution in [0.4, 0.5) is 0 Å². The summed E-state index contributed by atoms with van der Waals surface area (Å²) >= 11 is 0. The van der Waals surface area contributed by atoms with Crippen molar-refractivity contribution >= 4 is 29.9 Å². The summed E-state index contributed by atoms with van der Waals surface area (Å²) in [7, 11) is 0. The molecule has 1 fully saturated rings. The lowest BCUT2D eigenvalue weighted by atomic mass is 10.3. The van der Waals surface area contributed by atoms with E-state index < -0.39 is 0 Å². The first-order chi connectivity index (χ1) is 8.75. The highest BCUT2D eigenvalue weighted by atomic mass is 127. The number of halogens is 1. The minimum atomic E-state index is 0. The van der Waals surface area contributed by atoms with Gasteiger partial charge in [-0.25, -0.2) is 0 Å². The highest BCUT2D eigenvalue weighted by Gasteiger charge is 2.21. The molecule has 1 aromatic heterocycles. The van der Waals surface area contributed by atoms with Gasteiger partial charge in [0.1, 0.15) is 0 Å². The second kappa shape index (κ2) is 8.19. The van der Waals surface area contributed by atoms with E-state index in [-0.39, 0.29) is 29.5 Å². The molecule has 0 bridgehead atoms. The number of unbranched alkanes of at least 4 members (excludes halogenated alkanes) is 1. The first-order valence-electron chi connectivity index (χ1n) is 6.47. The minimum absolute atomic E-state index is 0. The van der Waals surface area contributed by atoms with Gasteiger partial charge in [0, 0.05) is 31.4 Å². The molecule has 0 amide bonds. The van der Waals surface area contributed by atoms with Crippen molar-refractivity contribution in [3.8, 4) is 0 Å². The van der Waals surface area contributed by atoms with Gasteiger partial charge in [0.25, 0.3) is 0 Å². The fraction of sp³-hybridized carbons (Fsp3) is 0.538. The highest BCUT2D eigenvalue weighted by molar-refractivity contribution is 14.0. The second-order valence-electron chi connectivity index (χ2n) is 4.62. The molecule has 3 N–H and O–H groups in total. The molecule has 0 saturated heterocycles. The number of nitrogens with two attached hydrogens (primary N) is 1. The van der Waals surface area contributed by atoms with E-state index >= 15 is 0 Å². The number of pyridine rings is 1. The number of hydrogen-bond acceptors (Lipinski definition) is 2. The van der Waals surface area contributed by atoms with Gasteiger partial charge in [-0.05, 0) is 31.7 Å². The average molecular weight is 376 g/mol.